The van der Waals surface area contributed by atoms with Crippen LogP contribution >= 0.6 is 11.3 Å². The summed E-state index contributed by atoms with van der Waals surface area (Å²) in [5.74, 6) is 0.814. The Balaban J connectivity index is 1.23. The number of benzene rings is 1. The van der Waals surface area contributed by atoms with Crippen molar-refractivity contribution in [1.29, 1.82) is 0 Å². The van der Waals surface area contributed by atoms with Crippen LogP contribution in [0.15, 0.2) is 47.4 Å². The molecule has 5 nitrogen and oxygen atoms in total. The summed E-state index contributed by atoms with van der Waals surface area (Å²) in [6, 6.07) is 11.0. The molecular weight excluding hydrogens is 399 g/mol. The maximum Gasteiger partial charge on any atom is 0.249 e. The number of aromatic nitrogens is 2. The van der Waals surface area contributed by atoms with Crippen LogP contribution in [0.5, 0.6) is 0 Å². The fraction of sp³-hybridized carbons (Fsp3) is 0.304. The van der Waals surface area contributed by atoms with E-state index in [1.165, 1.54) is 6.07 Å². The summed E-state index contributed by atoms with van der Waals surface area (Å²) in [5, 5.41) is 2.04. The first-order valence-corrected chi connectivity index (χ1v) is 11.1. The zero-order valence-corrected chi connectivity index (χ0v) is 17.4. The quantitative estimate of drug-likeness (QED) is 0.693. The van der Waals surface area contributed by atoms with E-state index in [2.05, 4.69) is 9.88 Å². The van der Waals surface area contributed by atoms with Gasteiger partial charge >= 0.3 is 0 Å². The molecule has 1 saturated heterocycles. The van der Waals surface area contributed by atoms with Gasteiger partial charge in [0, 0.05) is 49.6 Å². The molecule has 0 saturated carbocycles. The maximum atomic E-state index is 13.9. The number of fused-ring (bicyclic) bond motifs is 1. The van der Waals surface area contributed by atoms with Crippen molar-refractivity contribution in [2.45, 2.75) is 19.4 Å². The molecule has 1 fully saturated rings. The van der Waals surface area contributed by atoms with E-state index in [0.717, 1.165) is 53.6 Å². The van der Waals surface area contributed by atoms with Gasteiger partial charge in [-0.3, -0.25) is 9.69 Å². The third kappa shape index (κ3) is 3.82. The van der Waals surface area contributed by atoms with Crippen molar-refractivity contribution in [3.8, 4) is 10.7 Å². The average molecular weight is 423 g/mol. The van der Waals surface area contributed by atoms with Gasteiger partial charge in [-0.2, -0.15) is 0 Å². The molecule has 1 aliphatic carbocycles. The Hall–Kier alpha value is -2.77. The summed E-state index contributed by atoms with van der Waals surface area (Å²) < 4.78 is 13.9. The van der Waals surface area contributed by atoms with Crippen LogP contribution in [0, 0.1) is 5.82 Å². The molecule has 0 spiro atoms. The summed E-state index contributed by atoms with van der Waals surface area (Å²) in [6.07, 6.45) is 3.48. The van der Waals surface area contributed by atoms with Gasteiger partial charge in [0.05, 0.1) is 10.6 Å². The van der Waals surface area contributed by atoms with Gasteiger partial charge in [0.1, 0.15) is 11.6 Å². The number of nitrogens with zero attached hydrogens (tertiary/aromatic N) is 3. The SMILES string of the molecule is O=C(C1=Cc2nc(-c3cccs3)[nH]c2CC1)N1CCN(Cc2ccccc2F)CC1. The number of halogens is 1. The van der Waals surface area contributed by atoms with E-state index in [1.807, 2.05) is 40.6 Å². The van der Waals surface area contributed by atoms with Gasteiger partial charge in [-0.1, -0.05) is 24.3 Å². The van der Waals surface area contributed by atoms with Crippen molar-refractivity contribution < 1.29 is 9.18 Å². The number of H-pyrrole nitrogens is 1. The van der Waals surface area contributed by atoms with Crippen LogP contribution in [0.25, 0.3) is 16.8 Å². The third-order valence-electron chi connectivity index (χ3n) is 5.81. The minimum Gasteiger partial charge on any atom is -0.341 e. The first kappa shape index (κ1) is 19.2. The fourth-order valence-corrected chi connectivity index (χ4v) is 4.78. The van der Waals surface area contributed by atoms with Gasteiger partial charge in [-0.05, 0) is 36.4 Å². The average Bonchev–Trinajstić information content (AvgIpc) is 3.44. The molecule has 0 bridgehead atoms. The fourth-order valence-electron chi connectivity index (χ4n) is 4.11. The number of thiophene rings is 1. The Kier molecular flexibility index (Phi) is 5.23. The molecule has 0 radical (unpaired) electrons. The summed E-state index contributed by atoms with van der Waals surface area (Å²) >= 11 is 1.65. The molecular formula is C23H23FN4OS. The molecule has 1 amide bonds. The van der Waals surface area contributed by atoms with Gasteiger partial charge in [-0.25, -0.2) is 9.37 Å². The molecule has 1 aromatic carbocycles. The molecule has 7 heteroatoms. The number of carbonyl (C=O) groups is 1. The number of carbonyl (C=O) groups excluding carboxylic acids is 1. The van der Waals surface area contributed by atoms with Gasteiger partial charge in [0.2, 0.25) is 5.91 Å². The van der Waals surface area contributed by atoms with Crippen molar-refractivity contribution in [3.05, 3.63) is 70.1 Å². The van der Waals surface area contributed by atoms with E-state index in [9.17, 15) is 9.18 Å². The maximum absolute atomic E-state index is 13.9. The lowest BCUT2D eigenvalue weighted by molar-refractivity contribution is -0.129. The Morgan fingerprint density at radius 1 is 1.10 bits per heavy atom. The second-order valence-electron chi connectivity index (χ2n) is 7.76. The van der Waals surface area contributed by atoms with Gasteiger partial charge in [0.15, 0.2) is 0 Å². The molecule has 1 N–H and O–H groups in total. The highest BCUT2D eigenvalue weighted by Gasteiger charge is 2.26. The van der Waals surface area contributed by atoms with Crippen LogP contribution in [0.2, 0.25) is 0 Å². The van der Waals surface area contributed by atoms with E-state index >= 15 is 0 Å². The van der Waals surface area contributed by atoms with Crippen LogP contribution < -0.4 is 0 Å². The predicted molar refractivity (Wildman–Crippen MR) is 116 cm³/mol. The highest BCUT2D eigenvalue weighted by atomic mass is 32.1. The number of nitrogens with one attached hydrogen (secondary N) is 1. The summed E-state index contributed by atoms with van der Waals surface area (Å²) in [6.45, 7) is 3.42. The first-order chi connectivity index (χ1) is 14.7. The van der Waals surface area contributed by atoms with E-state index in [1.54, 1.807) is 17.4 Å². The third-order valence-corrected chi connectivity index (χ3v) is 6.68. The Bertz CT molecular complexity index is 1080. The standard InChI is InChI=1S/C23H23FN4OS/c24-18-5-2-1-4-17(18)15-27-9-11-28(12-10-27)23(29)16-7-8-19-20(14-16)26-22(25-19)21-6-3-13-30-21/h1-6,13-14H,7-12,15H2,(H,25,26). The minimum absolute atomic E-state index is 0.104. The van der Waals surface area contributed by atoms with Crippen LogP contribution in [0.3, 0.4) is 0 Å². The number of imidazole rings is 1. The Labute approximate surface area is 178 Å². The molecule has 0 atom stereocenters. The summed E-state index contributed by atoms with van der Waals surface area (Å²) in [7, 11) is 0. The molecule has 30 heavy (non-hydrogen) atoms. The smallest absolute Gasteiger partial charge is 0.249 e. The lowest BCUT2D eigenvalue weighted by Crippen LogP contribution is -2.48. The predicted octanol–water partition coefficient (Wildman–Crippen LogP) is 3.95. The van der Waals surface area contributed by atoms with Crippen molar-refractivity contribution in [3.63, 3.8) is 0 Å². The second-order valence-corrected chi connectivity index (χ2v) is 8.70. The number of aryl methyl sites for hydroxylation is 1. The number of aromatic amines is 1. The van der Waals surface area contributed by atoms with Gasteiger partial charge < -0.3 is 9.88 Å². The number of rotatable bonds is 4. The summed E-state index contributed by atoms with van der Waals surface area (Å²) in [5.41, 5.74) is 3.52. The lowest BCUT2D eigenvalue weighted by Gasteiger charge is -2.35. The van der Waals surface area contributed by atoms with E-state index in [4.69, 9.17) is 4.98 Å². The largest absolute Gasteiger partial charge is 0.341 e. The summed E-state index contributed by atoms with van der Waals surface area (Å²) in [4.78, 5) is 26.4. The Morgan fingerprint density at radius 3 is 2.70 bits per heavy atom. The molecule has 1 aliphatic heterocycles. The molecule has 0 unspecified atom stereocenters. The number of piperazine rings is 1. The van der Waals surface area contributed by atoms with Gasteiger partial charge in [-0.15, -0.1) is 11.3 Å². The molecule has 2 aliphatic rings. The number of hydrogen-bond acceptors (Lipinski definition) is 4. The van der Waals surface area contributed by atoms with Crippen molar-refractivity contribution >= 4 is 23.3 Å². The molecule has 3 aromatic rings. The van der Waals surface area contributed by atoms with Gasteiger partial charge in [0.25, 0.3) is 0 Å². The second kappa shape index (κ2) is 8.16. The van der Waals surface area contributed by atoms with E-state index < -0.39 is 0 Å². The van der Waals surface area contributed by atoms with Crippen LogP contribution in [-0.2, 0) is 17.8 Å². The van der Waals surface area contributed by atoms with Crippen LogP contribution in [-0.4, -0.2) is 51.9 Å². The van der Waals surface area contributed by atoms with Crippen molar-refractivity contribution in [1.82, 2.24) is 19.8 Å². The zero-order valence-electron chi connectivity index (χ0n) is 16.6. The Morgan fingerprint density at radius 2 is 1.93 bits per heavy atom. The highest BCUT2D eigenvalue weighted by molar-refractivity contribution is 7.13. The first-order valence-electron chi connectivity index (χ1n) is 10.3. The van der Waals surface area contributed by atoms with E-state index in [-0.39, 0.29) is 11.7 Å². The number of amides is 1. The zero-order chi connectivity index (χ0) is 20.5. The molecule has 154 valence electrons. The molecule has 3 heterocycles. The number of hydrogen-bond donors (Lipinski definition) is 1. The topological polar surface area (TPSA) is 52.2 Å². The molecule has 5 rings (SSSR count). The normalized spacial score (nSPS) is 17.0. The van der Waals surface area contributed by atoms with E-state index in [0.29, 0.717) is 25.2 Å². The minimum atomic E-state index is -0.167. The van der Waals surface area contributed by atoms with Crippen molar-refractivity contribution in [2.75, 3.05) is 26.2 Å². The molecule has 2 aromatic heterocycles. The lowest BCUT2D eigenvalue weighted by atomic mass is 9.99. The van der Waals surface area contributed by atoms with Crippen molar-refractivity contribution in [2.24, 2.45) is 0 Å². The van der Waals surface area contributed by atoms with Crippen LogP contribution in [0.4, 0.5) is 4.39 Å². The monoisotopic (exact) mass is 422 g/mol. The van der Waals surface area contributed by atoms with Crippen LogP contribution in [0.1, 0.15) is 23.4 Å². The highest BCUT2D eigenvalue weighted by Crippen LogP contribution is 2.29.